The summed E-state index contributed by atoms with van der Waals surface area (Å²) in [6.45, 7) is 1.78. The molecule has 0 radical (unpaired) electrons. The summed E-state index contributed by atoms with van der Waals surface area (Å²) in [7, 11) is -1.76. The van der Waals surface area contributed by atoms with Gasteiger partial charge < -0.3 is 10.1 Å². The quantitative estimate of drug-likeness (QED) is 0.862. The molecule has 112 valence electrons. The Morgan fingerprint density at radius 2 is 2.25 bits per heavy atom. The van der Waals surface area contributed by atoms with E-state index in [-0.39, 0.29) is 6.04 Å². The van der Waals surface area contributed by atoms with E-state index in [4.69, 9.17) is 4.74 Å². The van der Waals surface area contributed by atoms with Crippen LogP contribution in [0.25, 0.3) is 0 Å². The average Bonchev–Trinajstić information content (AvgIpc) is 2.95. The van der Waals surface area contributed by atoms with Gasteiger partial charge in [0.1, 0.15) is 0 Å². The van der Waals surface area contributed by atoms with Gasteiger partial charge in [-0.15, -0.1) is 11.3 Å². The zero-order chi connectivity index (χ0) is 14.2. The van der Waals surface area contributed by atoms with Gasteiger partial charge in [-0.3, -0.25) is 0 Å². The van der Waals surface area contributed by atoms with Gasteiger partial charge in [-0.25, -0.2) is 8.42 Å². The van der Waals surface area contributed by atoms with Crippen LogP contribution in [-0.2, 0) is 21.3 Å². The molecule has 3 rings (SSSR count). The van der Waals surface area contributed by atoms with Gasteiger partial charge in [0.15, 0.2) is 0 Å². The Balaban J connectivity index is 1.77. The minimum absolute atomic E-state index is 0.0378. The molecule has 2 heterocycles. The van der Waals surface area contributed by atoms with E-state index in [2.05, 4.69) is 5.32 Å². The molecular weight excluding hydrogens is 296 g/mol. The standard InChI is InChI=1S/C13H20N2O3S2/c1-15(11-4-6-18-9-11)20(16,17)13-5-7-19-12(13)8-14-10-2-3-10/h5,7,10-11,14H,2-4,6,8-9H2,1H3. The normalized spacial score (nSPS) is 23.6. The third-order valence-electron chi connectivity index (χ3n) is 3.91. The van der Waals surface area contributed by atoms with Crippen LogP contribution in [0.15, 0.2) is 16.3 Å². The molecule has 1 aliphatic heterocycles. The number of likely N-dealkylation sites (N-methyl/N-ethyl adjacent to an activating group) is 1. The molecule has 5 nitrogen and oxygen atoms in total. The number of nitrogens with zero attached hydrogens (tertiary/aromatic N) is 1. The van der Waals surface area contributed by atoms with Crippen LogP contribution in [-0.4, -0.2) is 45.1 Å². The zero-order valence-corrected chi connectivity index (χ0v) is 13.2. The number of hydrogen-bond donors (Lipinski definition) is 1. The van der Waals surface area contributed by atoms with Crippen molar-refractivity contribution >= 4 is 21.4 Å². The summed E-state index contributed by atoms with van der Waals surface area (Å²) in [5, 5.41) is 5.24. The molecule has 1 saturated carbocycles. The number of hydrogen-bond acceptors (Lipinski definition) is 5. The first-order chi connectivity index (χ1) is 9.59. The van der Waals surface area contributed by atoms with Gasteiger partial charge in [0.2, 0.25) is 10.0 Å². The molecule has 1 aromatic heterocycles. The lowest BCUT2D eigenvalue weighted by Gasteiger charge is -2.22. The van der Waals surface area contributed by atoms with Crippen molar-refractivity contribution in [2.24, 2.45) is 0 Å². The smallest absolute Gasteiger partial charge is 0.244 e. The van der Waals surface area contributed by atoms with Crippen molar-refractivity contribution in [3.05, 3.63) is 16.3 Å². The lowest BCUT2D eigenvalue weighted by molar-refractivity contribution is 0.181. The van der Waals surface area contributed by atoms with E-state index in [1.165, 1.54) is 28.5 Å². The Morgan fingerprint density at radius 3 is 2.90 bits per heavy atom. The van der Waals surface area contributed by atoms with E-state index >= 15 is 0 Å². The van der Waals surface area contributed by atoms with Gasteiger partial charge >= 0.3 is 0 Å². The molecule has 2 aliphatic rings. The minimum atomic E-state index is -3.41. The highest BCUT2D eigenvalue weighted by Gasteiger charge is 2.32. The van der Waals surface area contributed by atoms with Gasteiger partial charge in [0.25, 0.3) is 0 Å². The highest BCUT2D eigenvalue weighted by atomic mass is 32.2. The molecule has 7 heteroatoms. The molecule has 1 saturated heterocycles. The minimum Gasteiger partial charge on any atom is -0.380 e. The van der Waals surface area contributed by atoms with Crippen LogP contribution in [0.3, 0.4) is 0 Å². The lowest BCUT2D eigenvalue weighted by atomic mass is 10.3. The molecule has 1 N–H and O–H groups in total. The van der Waals surface area contributed by atoms with Gasteiger partial charge in [-0.2, -0.15) is 4.31 Å². The second-order valence-electron chi connectivity index (χ2n) is 5.40. The maximum Gasteiger partial charge on any atom is 0.244 e. The molecule has 1 aromatic rings. The molecule has 2 fully saturated rings. The molecule has 0 amide bonds. The largest absolute Gasteiger partial charge is 0.380 e. The maximum absolute atomic E-state index is 12.7. The number of rotatable bonds is 6. The summed E-state index contributed by atoms with van der Waals surface area (Å²) in [6.07, 6.45) is 3.18. The Morgan fingerprint density at radius 1 is 1.45 bits per heavy atom. The van der Waals surface area contributed by atoms with Gasteiger partial charge in [-0.1, -0.05) is 0 Å². The molecule has 20 heavy (non-hydrogen) atoms. The number of thiophene rings is 1. The van der Waals surface area contributed by atoms with Crippen molar-refractivity contribution in [1.82, 2.24) is 9.62 Å². The SMILES string of the molecule is CN(C1CCOC1)S(=O)(=O)c1ccsc1CNC1CC1. The third kappa shape index (κ3) is 2.92. The Labute approximate surface area is 124 Å². The second kappa shape index (κ2) is 5.73. The number of sulfonamides is 1. The topological polar surface area (TPSA) is 58.6 Å². The summed E-state index contributed by atoms with van der Waals surface area (Å²) in [6, 6.07) is 2.26. The zero-order valence-electron chi connectivity index (χ0n) is 11.5. The van der Waals surface area contributed by atoms with E-state index in [0.29, 0.717) is 30.7 Å². The van der Waals surface area contributed by atoms with Crippen LogP contribution in [0.1, 0.15) is 24.1 Å². The Kier molecular flexibility index (Phi) is 4.14. The Bertz CT molecular complexity index is 560. The first kappa shape index (κ1) is 14.5. The highest BCUT2D eigenvalue weighted by Crippen LogP contribution is 2.28. The van der Waals surface area contributed by atoms with Crippen LogP contribution in [0.2, 0.25) is 0 Å². The van der Waals surface area contributed by atoms with Crippen LogP contribution in [0.5, 0.6) is 0 Å². The third-order valence-corrected chi connectivity index (χ3v) is 6.95. The van der Waals surface area contributed by atoms with Crippen molar-refractivity contribution in [3.63, 3.8) is 0 Å². The van der Waals surface area contributed by atoms with Crippen molar-refractivity contribution < 1.29 is 13.2 Å². The number of ether oxygens (including phenoxy) is 1. The summed E-state index contributed by atoms with van der Waals surface area (Å²) in [5.74, 6) is 0. The predicted molar refractivity (Wildman–Crippen MR) is 78.4 cm³/mol. The summed E-state index contributed by atoms with van der Waals surface area (Å²) < 4.78 is 32.2. The van der Waals surface area contributed by atoms with Crippen molar-refractivity contribution in [1.29, 1.82) is 0 Å². The molecule has 1 unspecified atom stereocenters. The summed E-state index contributed by atoms with van der Waals surface area (Å²) in [4.78, 5) is 1.35. The van der Waals surface area contributed by atoms with E-state index in [0.717, 1.165) is 11.3 Å². The summed E-state index contributed by atoms with van der Waals surface area (Å²) in [5.41, 5.74) is 0. The fraction of sp³-hybridized carbons (Fsp3) is 0.692. The fourth-order valence-electron chi connectivity index (χ4n) is 2.37. The molecular formula is C13H20N2O3S2. The first-order valence-corrected chi connectivity index (χ1v) is 9.26. The average molecular weight is 316 g/mol. The van der Waals surface area contributed by atoms with Crippen LogP contribution in [0.4, 0.5) is 0 Å². The molecule has 1 aliphatic carbocycles. The van der Waals surface area contributed by atoms with Crippen LogP contribution >= 0.6 is 11.3 Å². The van der Waals surface area contributed by atoms with Crippen molar-refractivity contribution in [2.45, 2.75) is 42.8 Å². The van der Waals surface area contributed by atoms with Crippen molar-refractivity contribution in [3.8, 4) is 0 Å². The monoisotopic (exact) mass is 316 g/mol. The Hall–Kier alpha value is -0.470. The maximum atomic E-state index is 12.7. The predicted octanol–water partition coefficient (Wildman–Crippen LogP) is 1.41. The lowest BCUT2D eigenvalue weighted by Crippen LogP contribution is -2.37. The number of nitrogens with one attached hydrogen (secondary N) is 1. The van der Waals surface area contributed by atoms with Crippen molar-refractivity contribution in [2.75, 3.05) is 20.3 Å². The van der Waals surface area contributed by atoms with E-state index in [1.807, 2.05) is 5.38 Å². The first-order valence-electron chi connectivity index (χ1n) is 6.94. The van der Waals surface area contributed by atoms with Crippen LogP contribution < -0.4 is 5.32 Å². The van der Waals surface area contributed by atoms with Gasteiger partial charge in [0.05, 0.1) is 17.5 Å². The van der Waals surface area contributed by atoms with E-state index in [9.17, 15) is 8.42 Å². The highest BCUT2D eigenvalue weighted by molar-refractivity contribution is 7.89. The van der Waals surface area contributed by atoms with E-state index in [1.54, 1.807) is 13.1 Å². The van der Waals surface area contributed by atoms with Gasteiger partial charge in [-0.05, 0) is 30.7 Å². The van der Waals surface area contributed by atoms with Crippen LogP contribution in [0, 0.1) is 0 Å². The molecule has 0 bridgehead atoms. The van der Waals surface area contributed by atoms with E-state index < -0.39 is 10.0 Å². The second-order valence-corrected chi connectivity index (χ2v) is 8.37. The molecule has 0 spiro atoms. The fourth-order valence-corrected chi connectivity index (χ4v) is 5.11. The van der Waals surface area contributed by atoms with Gasteiger partial charge in [0, 0.05) is 31.1 Å². The molecule has 0 aromatic carbocycles. The summed E-state index contributed by atoms with van der Waals surface area (Å²) >= 11 is 1.51. The molecule has 1 atom stereocenters.